The van der Waals surface area contributed by atoms with E-state index < -0.39 is 0 Å². The van der Waals surface area contributed by atoms with Gasteiger partial charge in [-0.15, -0.1) is 11.3 Å². The van der Waals surface area contributed by atoms with Gasteiger partial charge < -0.3 is 5.32 Å². The lowest BCUT2D eigenvalue weighted by atomic mass is 9.82. The van der Waals surface area contributed by atoms with Crippen molar-refractivity contribution in [2.75, 3.05) is 0 Å². The van der Waals surface area contributed by atoms with E-state index in [4.69, 9.17) is 5.26 Å². The molecule has 0 saturated heterocycles. The zero-order valence-electron chi connectivity index (χ0n) is 11.4. The summed E-state index contributed by atoms with van der Waals surface area (Å²) >= 11 is 1.57. The van der Waals surface area contributed by atoms with Gasteiger partial charge in [-0.25, -0.2) is 0 Å². The van der Waals surface area contributed by atoms with Crippen LogP contribution in [-0.4, -0.2) is 5.54 Å². The Kier molecular flexibility index (Phi) is 4.35. The molecule has 0 bridgehead atoms. The standard InChI is InChI=1S/C14H22N2S/c1-13(2,3)10-14(4,5)16-9-12-7-6-11(8-15)17-12/h6-7,16H,9-10H2,1-5H3. The van der Waals surface area contributed by atoms with Crippen LogP contribution in [0.5, 0.6) is 0 Å². The van der Waals surface area contributed by atoms with Gasteiger partial charge >= 0.3 is 0 Å². The van der Waals surface area contributed by atoms with Crippen molar-refractivity contribution in [3.63, 3.8) is 0 Å². The van der Waals surface area contributed by atoms with E-state index >= 15 is 0 Å². The molecule has 1 rings (SSSR count). The van der Waals surface area contributed by atoms with Crippen LogP contribution in [0.3, 0.4) is 0 Å². The maximum atomic E-state index is 8.77. The molecular weight excluding hydrogens is 228 g/mol. The van der Waals surface area contributed by atoms with Crippen LogP contribution in [0.2, 0.25) is 0 Å². The second-order valence-electron chi connectivity index (χ2n) is 6.35. The van der Waals surface area contributed by atoms with Gasteiger partial charge in [-0.3, -0.25) is 0 Å². The van der Waals surface area contributed by atoms with Crippen molar-refractivity contribution in [2.45, 2.75) is 53.1 Å². The topological polar surface area (TPSA) is 35.8 Å². The normalized spacial score (nSPS) is 12.5. The summed E-state index contributed by atoms with van der Waals surface area (Å²) in [5.74, 6) is 0. The Labute approximate surface area is 109 Å². The van der Waals surface area contributed by atoms with Crippen molar-refractivity contribution < 1.29 is 0 Å². The van der Waals surface area contributed by atoms with Gasteiger partial charge in [0.25, 0.3) is 0 Å². The monoisotopic (exact) mass is 250 g/mol. The highest BCUT2D eigenvalue weighted by atomic mass is 32.1. The van der Waals surface area contributed by atoms with Crippen molar-refractivity contribution in [3.8, 4) is 6.07 Å². The summed E-state index contributed by atoms with van der Waals surface area (Å²) < 4.78 is 0. The summed E-state index contributed by atoms with van der Waals surface area (Å²) in [4.78, 5) is 2.01. The van der Waals surface area contributed by atoms with E-state index in [-0.39, 0.29) is 5.54 Å². The molecule has 0 aliphatic rings. The van der Waals surface area contributed by atoms with Gasteiger partial charge in [0.05, 0.1) is 0 Å². The lowest BCUT2D eigenvalue weighted by molar-refractivity contribution is 0.241. The molecule has 3 heteroatoms. The SMILES string of the molecule is CC(C)(C)CC(C)(C)NCc1ccc(C#N)s1. The second-order valence-corrected chi connectivity index (χ2v) is 7.52. The fourth-order valence-corrected chi connectivity index (χ4v) is 2.99. The minimum Gasteiger partial charge on any atom is -0.307 e. The molecule has 0 fully saturated rings. The quantitative estimate of drug-likeness (QED) is 0.879. The van der Waals surface area contributed by atoms with Crippen LogP contribution in [-0.2, 0) is 6.54 Å². The highest BCUT2D eigenvalue weighted by Crippen LogP contribution is 2.27. The van der Waals surface area contributed by atoms with Gasteiger partial charge in [0, 0.05) is 17.0 Å². The summed E-state index contributed by atoms with van der Waals surface area (Å²) in [6.45, 7) is 12.1. The van der Waals surface area contributed by atoms with Crippen molar-refractivity contribution in [3.05, 3.63) is 21.9 Å². The van der Waals surface area contributed by atoms with Crippen molar-refractivity contribution in [1.29, 1.82) is 5.26 Å². The first kappa shape index (κ1) is 14.2. The molecule has 0 amide bonds. The molecule has 1 aromatic rings. The Morgan fingerprint density at radius 2 is 1.88 bits per heavy atom. The van der Waals surface area contributed by atoms with Gasteiger partial charge in [-0.1, -0.05) is 20.8 Å². The molecule has 0 saturated carbocycles. The molecule has 1 aromatic heterocycles. The number of rotatable bonds is 4. The van der Waals surface area contributed by atoms with Crippen LogP contribution >= 0.6 is 11.3 Å². The van der Waals surface area contributed by atoms with E-state index in [9.17, 15) is 0 Å². The minimum absolute atomic E-state index is 0.120. The zero-order valence-corrected chi connectivity index (χ0v) is 12.2. The summed E-state index contributed by atoms with van der Waals surface area (Å²) in [7, 11) is 0. The van der Waals surface area contributed by atoms with E-state index in [0.717, 1.165) is 17.8 Å². The molecule has 1 heterocycles. The molecule has 0 aliphatic heterocycles. The van der Waals surface area contributed by atoms with E-state index in [1.165, 1.54) is 4.88 Å². The minimum atomic E-state index is 0.120. The smallest absolute Gasteiger partial charge is 0.110 e. The van der Waals surface area contributed by atoms with Crippen LogP contribution in [0.15, 0.2) is 12.1 Å². The first-order valence-electron chi connectivity index (χ1n) is 5.96. The number of nitriles is 1. The molecule has 0 radical (unpaired) electrons. The fraction of sp³-hybridized carbons (Fsp3) is 0.643. The number of hydrogen-bond acceptors (Lipinski definition) is 3. The first-order chi connectivity index (χ1) is 7.72. The average Bonchev–Trinajstić information content (AvgIpc) is 2.58. The van der Waals surface area contributed by atoms with E-state index in [0.29, 0.717) is 5.41 Å². The van der Waals surface area contributed by atoms with Crippen LogP contribution in [0.4, 0.5) is 0 Å². The maximum absolute atomic E-state index is 8.77. The van der Waals surface area contributed by atoms with Gasteiger partial charge in [0.15, 0.2) is 0 Å². The summed E-state index contributed by atoms with van der Waals surface area (Å²) in [5, 5.41) is 12.3. The van der Waals surface area contributed by atoms with Gasteiger partial charge in [-0.2, -0.15) is 5.26 Å². The molecule has 17 heavy (non-hydrogen) atoms. The Morgan fingerprint density at radius 1 is 1.24 bits per heavy atom. The van der Waals surface area contributed by atoms with Crippen LogP contribution < -0.4 is 5.32 Å². The fourth-order valence-electron chi connectivity index (χ4n) is 2.25. The molecule has 0 aromatic carbocycles. The van der Waals surface area contributed by atoms with E-state index in [2.05, 4.69) is 46.0 Å². The Hall–Kier alpha value is -0.850. The van der Waals surface area contributed by atoms with Crippen molar-refractivity contribution in [2.24, 2.45) is 5.41 Å². The summed E-state index contributed by atoms with van der Waals surface area (Å²) in [5.41, 5.74) is 0.443. The van der Waals surface area contributed by atoms with Gasteiger partial charge in [0.1, 0.15) is 10.9 Å². The van der Waals surface area contributed by atoms with Crippen LogP contribution in [0.25, 0.3) is 0 Å². The predicted molar refractivity (Wildman–Crippen MR) is 74.0 cm³/mol. The molecular formula is C14H22N2S. The third-order valence-electron chi connectivity index (χ3n) is 2.49. The van der Waals surface area contributed by atoms with E-state index in [1.54, 1.807) is 11.3 Å². The molecule has 0 spiro atoms. The van der Waals surface area contributed by atoms with Crippen LogP contribution in [0, 0.1) is 16.7 Å². The molecule has 0 unspecified atom stereocenters. The third-order valence-corrected chi connectivity index (χ3v) is 3.48. The Morgan fingerprint density at radius 3 is 2.35 bits per heavy atom. The van der Waals surface area contributed by atoms with Gasteiger partial charge in [0.2, 0.25) is 0 Å². The largest absolute Gasteiger partial charge is 0.307 e. The summed E-state index contributed by atoms with van der Waals surface area (Å²) in [6.07, 6.45) is 1.12. The van der Waals surface area contributed by atoms with E-state index in [1.807, 2.05) is 12.1 Å². The van der Waals surface area contributed by atoms with Gasteiger partial charge in [-0.05, 0) is 37.8 Å². The number of nitrogens with one attached hydrogen (secondary N) is 1. The molecule has 0 aliphatic carbocycles. The maximum Gasteiger partial charge on any atom is 0.110 e. The molecule has 2 nitrogen and oxygen atoms in total. The lowest BCUT2D eigenvalue weighted by Gasteiger charge is -2.33. The predicted octanol–water partition coefficient (Wildman–Crippen LogP) is 3.92. The third kappa shape index (κ3) is 5.34. The lowest BCUT2D eigenvalue weighted by Crippen LogP contribution is -2.41. The average molecular weight is 250 g/mol. The second kappa shape index (κ2) is 5.20. The van der Waals surface area contributed by atoms with Crippen LogP contribution in [0.1, 0.15) is 50.8 Å². The molecule has 1 N–H and O–H groups in total. The zero-order chi connectivity index (χ0) is 13.1. The Balaban J connectivity index is 2.52. The highest BCUT2D eigenvalue weighted by Gasteiger charge is 2.24. The number of nitrogens with zero attached hydrogens (tertiary/aromatic N) is 1. The highest BCUT2D eigenvalue weighted by molar-refractivity contribution is 7.12. The summed E-state index contributed by atoms with van der Waals surface area (Å²) in [6, 6.07) is 6.09. The number of hydrogen-bond donors (Lipinski definition) is 1. The van der Waals surface area contributed by atoms with Crippen molar-refractivity contribution >= 4 is 11.3 Å². The van der Waals surface area contributed by atoms with Crippen molar-refractivity contribution in [1.82, 2.24) is 5.32 Å². The molecule has 94 valence electrons. The Bertz CT molecular complexity index is 405. The number of thiophene rings is 1. The first-order valence-corrected chi connectivity index (χ1v) is 6.77. The molecule has 0 atom stereocenters.